The molecular weight excluding hydrogens is 248 g/mol. The third-order valence-electron chi connectivity index (χ3n) is 3.33. The lowest BCUT2D eigenvalue weighted by Gasteiger charge is -2.04. The SMILES string of the molecule is CCCn1c(=O)[nH]c(=O)c2[nH]c(C3CCCO3)nc21. The van der Waals surface area contributed by atoms with Crippen LogP contribution < -0.4 is 11.2 Å². The van der Waals surface area contributed by atoms with E-state index in [1.807, 2.05) is 6.92 Å². The van der Waals surface area contributed by atoms with Gasteiger partial charge >= 0.3 is 5.69 Å². The maximum absolute atomic E-state index is 11.8. The molecule has 7 nitrogen and oxygen atoms in total. The van der Waals surface area contributed by atoms with Gasteiger partial charge in [-0.25, -0.2) is 9.78 Å². The molecule has 0 amide bonds. The quantitative estimate of drug-likeness (QED) is 0.852. The Morgan fingerprint density at radius 2 is 2.26 bits per heavy atom. The number of nitrogens with zero attached hydrogens (tertiary/aromatic N) is 2. The zero-order chi connectivity index (χ0) is 13.4. The van der Waals surface area contributed by atoms with Crippen LogP contribution in [0.25, 0.3) is 11.2 Å². The van der Waals surface area contributed by atoms with Gasteiger partial charge in [-0.1, -0.05) is 6.92 Å². The minimum Gasteiger partial charge on any atom is -0.370 e. The summed E-state index contributed by atoms with van der Waals surface area (Å²) in [6.07, 6.45) is 2.57. The highest BCUT2D eigenvalue weighted by Crippen LogP contribution is 2.26. The highest BCUT2D eigenvalue weighted by molar-refractivity contribution is 5.69. The molecule has 2 N–H and O–H groups in total. The van der Waals surface area contributed by atoms with Gasteiger partial charge in [-0.15, -0.1) is 0 Å². The molecule has 102 valence electrons. The van der Waals surface area contributed by atoms with Crippen molar-refractivity contribution in [2.24, 2.45) is 0 Å². The van der Waals surface area contributed by atoms with Crippen molar-refractivity contribution in [3.63, 3.8) is 0 Å². The molecule has 0 bridgehead atoms. The van der Waals surface area contributed by atoms with Gasteiger partial charge in [-0.05, 0) is 19.3 Å². The van der Waals surface area contributed by atoms with Gasteiger partial charge in [0.15, 0.2) is 5.65 Å². The Labute approximate surface area is 108 Å². The number of hydrogen-bond donors (Lipinski definition) is 2. The molecule has 0 aromatic carbocycles. The van der Waals surface area contributed by atoms with Crippen molar-refractivity contribution in [1.82, 2.24) is 19.5 Å². The summed E-state index contributed by atoms with van der Waals surface area (Å²) in [5, 5.41) is 0. The van der Waals surface area contributed by atoms with Crippen molar-refractivity contribution in [3.05, 3.63) is 26.7 Å². The van der Waals surface area contributed by atoms with Crippen LogP contribution >= 0.6 is 0 Å². The number of aromatic nitrogens is 4. The van der Waals surface area contributed by atoms with Crippen LogP contribution in [-0.2, 0) is 11.3 Å². The van der Waals surface area contributed by atoms with Gasteiger partial charge in [0.1, 0.15) is 17.4 Å². The molecule has 1 unspecified atom stereocenters. The van der Waals surface area contributed by atoms with E-state index in [0.717, 1.165) is 19.3 Å². The summed E-state index contributed by atoms with van der Waals surface area (Å²) < 4.78 is 7.04. The number of ether oxygens (including phenoxy) is 1. The van der Waals surface area contributed by atoms with E-state index in [0.29, 0.717) is 30.1 Å². The van der Waals surface area contributed by atoms with E-state index in [2.05, 4.69) is 15.0 Å². The smallest absolute Gasteiger partial charge is 0.330 e. The van der Waals surface area contributed by atoms with Crippen LogP contribution in [0.3, 0.4) is 0 Å². The number of nitrogens with one attached hydrogen (secondary N) is 2. The van der Waals surface area contributed by atoms with Gasteiger partial charge in [0.2, 0.25) is 0 Å². The minimum atomic E-state index is -0.427. The van der Waals surface area contributed by atoms with Crippen LogP contribution in [0.4, 0.5) is 0 Å². The Morgan fingerprint density at radius 1 is 1.42 bits per heavy atom. The summed E-state index contributed by atoms with van der Waals surface area (Å²) in [5.41, 5.74) is -0.0755. The van der Waals surface area contributed by atoms with E-state index < -0.39 is 11.2 Å². The Balaban J connectivity index is 2.20. The second kappa shape index (κ2) is 4.65. The highest BCUT2D eigenvalue weighted by Gasteiger charge is 2.23. The average molecular weight is 264 g/mol. The lowest BCUT2D eigenvalue weighted by molar-refractivity contribution is 0.106. The summed E-state index contributed by atoms with van der Waals surface area (Å²) >= 11 is 0. The van der Waals surface area contributed by atoms with Crippen molar-refractivity contribution in [1.29, 1.82) is 0 Å². The molecule has 0 radical (unpaired) electrons. The monoisotopic (exact) mass is 264 g/mol. The van der Waals surface area contributed by atoms with E-state index in [1.165, 1.54) is 4.57 Å². The molecule has 3 rings (SSSR count). The largest absolute Gasteiger partial charge is 0.370 e. The zero-order valence-electron chi connectivity index (χ0n) is 10.7. The van der Waals surface area contributed by atoms with Crippen LogP contribution in [0.5, 0.6) is 0 Å². The van der Waals surface area contributed by atoms with Gasteiger partial charge in [0, 0.05) is 13.2 Å². The first kappa shape index (κ1) is 12.2. The van der Waals surface area contributed by atoms with E-state index in [9.17, 15) is 9.59 Å². The van der Waals surface area contributed by atoms with E-state index in [4.69, 9.17) is 4.74 Å². The van der Waals surface area contributed by atoms with Gasteiger partial charge in [0.25, 0.3) is 5.56 Å². The molecule has 1 saturated heterocycles. The molecule has 7 heteroatoms. The zero-order valence-corrected chi connectivity index (χ0v) is 10.7. The van der Waals surface area contributed by atoms with Crippen molar-refractivity contribution in [2.75, 3.05) is 6.61 Å². The molecule has 0 saturated carbocycles. The molecule has 3 heterocycles. The standard InChI is InChI=1S/C12H16N4O3/c1-2-5-16-10-8(11(17)15-12(16)18)13-9(14-10)7-4-3-6-19-7/h7H,2-6H2,1H3,(H,13,14)(H,15,17,18). The molecule has 1 fully saturated rings. The Kier molecular flexibility index (Phi) is 2.98. The summed E-state index contributed by atoms with van der Waals surface area (Å²) in [5.74, 6) is 0.633. The topological polar surface area (TPSA) is 92.8 Å². The molecule has 1 aliphatic rings. The summed E-state index contributed by atoms with van der Waals surface area (Å²) in [4.78, 5) is 33.3. The summed E-state index contributed by atoms with van der Waals surface area (Å²) in [6.45, 7) is 3.21. The van der Waals surface area contributed by atoms with Crippen LogP contribution in [0.1, 0.15) is 38.1 Å². The predicted octanol–water partition coefficient (Wildman–Crippen LogP) is 0.674. The first-order valence-electron chi connectivity index (χ1n) is 6.55. The third-order valence-corrected chi connectivity index (χ3v) is 3.33. The molecule has 0 aliphatic carbocycles. The van der Waals surface area contributed by atoms with Gasteiger partial charge < -0.3 is 9.72 Å². The molecule has 1 aliphatic heterocycles. The summed E-state index contributed by atoms with van der Waals surface area (Å²) in [6, 6.07) is 0. The number of H-pyrrole nitrogens is 2. The minimum absolute atomic E-state index is 0.100. The molecule has 2 aromatic heterocycles. The number of fused-ring (bicyclic) bond motifs is 1. The lowest BCUT2D eigenvalue weighted by atomic mass is 10.2. The first-order chi connectivity index (χ1) is 9.20. The fraction of sp³-hybridized carbons (Fsp3) is 0.583. The van der Waals surface area contributed by atoms with Gasteiger partial charge in [0.05, 0.1) is 0 Å². The maximum atomic E-state index is 11.8. The Bertz CT molecular complexity index is 706. The number of aromatic amines is 2. The van der Waals surface area contributed by atoms with Crippen LogP contribution in [-0.4, -0.2) is 26.1 Å². The lowest BCUT2D eigenvalue weighted by Crippen LogP contribution is -2.30. The van der Waals surface area contributed by atoms with Crippen LogP contribution in [0, 0.1) is 0 Å². The number of rotatable bonds is 3. The third kappa shape index (κ3) is 1.99. The second-order valence-electron chi connectivity index (χ2n) is 4.73. The van der Waals surface area contributed by atoms with Gasteiger partial charge in [-0.3, -0.25) is 14.3 Å². The van der Waals surface area contributed by atoms with Gasteiger partial charge in [-0.2, -0.15) is 0 Å². The number of imidazole rings is 1. The Morgan fingerprint density at radius 3 is 2.95 bits per heavy atom. The molecule has 19 heavy (non-hydrogen) atoms. The van der Waals surface area contributed by atoms with Crippen molar-refractivity contribution >= 4 is 11.2 Å². The van der Waals surface area contributed by atoms with E-state index in [-0.39, 0.29) is 6.10 Å². The maximum Gasteiger partial charge on any atom is 0.330 e. The van der Waals surface area contributed by atoms with Crippen LogP contribution in [0.2, 0.25) is 0 Å². The molecule has 1 atom stereocenters. The predicted molar refractivity (Wildman–Crippen MR) is 69.2 cm³/mol. The molecule has 2 aromatic rings. The number of aryl methyl sites for hydroxylation is 1. The van der Waals surface area contributed by atoms with E-state index >= 15 is 0 Å². The fourth-order valence-corrected chi connectivity index (χ4v) is 2.44. The fourth-order valence-electron chi connectivity index (χ4n) is 2.44. The molecule has 0 spiro atoms. The van der Waals surface area contributed by atoms with Crippen molar-refractivity contribution in [3.8, 4) is 0 Å². The normalized spacial score (nSPS) is 19.3. The van der Waals surface area contributed by atoms with Crippen LogP contribution in [0.15, 0.2) is 9.59 Å². The molecular formula is C12H16N4O3. The highest BCUT2D eigenvalue weighted by atomic mass is 16.5. The van der Waals surface area contributed by atoms with E-state index in [1.54, 1.807) is 0 Å². The second-order valence-corrected chi connectivity index (χ2v) is 4.73. The average Bonchev–Trinajstić information content (AvgIpc) is 3.02. The van der Waals surface area contributed by atoms with Crippen molar-refractivity contribution < 1.29 is 4.74 Å². The summed E-state index contributed by atoms with van der Waals surface area (Å²) in [7, 11) is 0. The Hall–Kier alpha value is -1.89. The van der Waals surface area contributed by atoms with Crippen molar-refractivity contribution in [2.45, 2.75) is 38.8 Å². The number of hydrogen-bond acceptors (Lipinski definition) is 4. The first-order valence-corrected chi connectivity index (χ1v) is 6.55.